The molecule has 0 aliphatic rings. The van der Waals surface area contributed by atoms with E-state index in [1.165, 1.54) is 23.4 Å². The summed E-state index contributed by atoms with van der Waals surface area (Å²) in [5, 5.41) is 25.8. The van der Waals surface area contributed by atoms with Crippen molar-refractivity contribution in [2.75, 3.05) is 6.54 Å². The molecule has 0 spiro atoms. The third-order valence-electron chi connectivity index (χ3n) is 4.72. The molecule has 2 aromatic rings. The van der Waals surface area contributed by atoms with E-state index in [1.807, 2.05) is 6.92 Å². The Kier molecular flexibility index (Phi) is 6.57. The van der Waals surface area contributed by atoms with Crippen LogP contribution >= 0.6 is 0 Å². The number of nitrogens with zero attached hydrogens (tertiary/aromatic N) is 3. The fourth-order valence-corrected chi connectivity index (χ4v) is 2.83. The lowest BCUT2D eigenvalue weighted by molar-refractivity contribution is -1.11. The largest absolute Gasteiger partial charge is 0.377 e. The van der Waals surface area contributed by atoms with Crippen LogP contribution in [0.5, 0.6) is 0 Å². The molecule has 0 amide bonds. The van der Waals surface area contributed by atoms with Crippen LogP contribution in [0.2, 0.25) is 0 Å². The molecule has 1 aromatic carbocycles. The molecule has 1 aromatic heterocycles. The van der Waals surface area contributed by atoms with E-state index in [0.717, 1.165) is 18.1 Å². The van der Waals surface area contributed by atoms with Crippen LogP contribution < -0.4 is 5.06 Å². The standard InChI is InChI=1S/C18H24F2N4O2/c1-4-13(2)7-8-24(26)14(3)18(25,10-23-12-21-11-22-23)16-6-5-15(19)9-17(16)20/h5-6,9,11-12,14,25-26H,2,4,7-8,10H2,1,3H3/p+1/t14?,18-/m1/s1. The van der Waals surface area contributed by atoms with Gasteiger partial charge in [0.15, 0.2) is 5.60 Å². The van der Waals surface area contributed by atoms with Gasteiger partial charge in [-0.2, -0.15) is 10.2 Å². The summed E-state index contributed by atoms with van der Waals surface area (Å²) < 4.78 is 29.1. The van der Waals surface area contributed by atoms with E-state index in [-0.39, 0.29) is 17.2 Å². The van der Waals surface area contributed by atoms with Crippen molar-refractivity contribution in [3.63, 3.8) is 0 Å². The molecule has 0 radical (unpaired) electrons. The predicted molar refractivity (Wildman–Crippen MR) is 91.4 cm³/mol. The number of nitrogens with one attached hydrogen (secondary N) is 1. The number of hydrogen-bond donors (Lipinski definition) is 3. The lowest BCUT2D eigenvalue weighted by Crippen LogP contribution is -3.15. The molecule has 3 atom stereocenters. The summed E-state index contributed by atoms with van der Waals surface area (Å²) in [6, 6.07) is 2.16. The van der Waals surface area contributed by atoms with Crippen LogP contribution in [-0.4, -0.2) is 37.7 Å². The number of hydrogen-bond acceptors (Lipinski definition) is 4. The van der Waals surface area contributed by atoms with Gasteiger partial charge in [0, 0.05) is 18.1 Å². The molecule has 0 aliphatic carbocycles. The van der Waals surface area contributed by atoms with Crippen molar-refractivity contribution in [3.8, 4) is 0 Å². The SMILES string of the molecule is C=C(CC)CC[NH+](O)C(C)[C@](O)(Cn1cncn1)c1ccc(F)cc1F. The Hall–Kier alpha value is -2.16. The molecular weight excluding hydrogens is 342 g/mol. The number of quaternary nitrogens is 1. The second-order valence-electron chi connectivity index (χ2n) is 6.46. The Labute approximate surface area is 151 Å². The van der Waals surface area contributed by atoms with Crippen LogP contribution in [0.1, 0.15) is 32.3 Å². The number of aliphatic hydroxyl groups is 1. The minimum atomic E-state index is -1.83. The van der Waals surface area contributed by atoms with Crippen molar-refractivity contribution < 1.29 is 24.2 Å². The fraction of sp³-hybridized carbons (Fsp3) is 0.444. The molecule has 0 bridgehead atoms. The van der Waals surface area contributed by atoms with Crippen molar-refractivity contribution in [2.45, 2.75) is 44.9 Å². The van der Waals surface area contributed by atoms with Crippen molar-refractivity contribution in [1.29, 1.82) is 0 Å². The van der Waals surface area contributed by atoms with Crippen LogP contribution in [-0.2, 0) is 12.1 Å². The van der Waals surface area contributed by atoms with Crippen LogP contribution in [0.25, 0.3) is 0 Å². The molecule has 142 valence electrons. The van der Waals surface area contributed by atoms with Gasteiger partial charge in [0.2, 0.25) is 0 Å². The van der Waals surface area contributed by atoms with Gasteiger partial charge in [-0.1, -0.05) is 19.1 Å². The molecule has 1 heterocycles. The summed E-state index contributed by atoms with van der Waals surface area (Å²) in [4.78, 5) is 3.82. The quantitative estimate of drug-likeness (QED) is 0.463. The van der Waals surface area contributed by atoms with Gasteiger partial charge in [-0.25, -0.2) is 23.7 Å². The van der Waals surface area contributed by atoms with Crippen LogP contribution in [0, 0.1) is 11.6 Å². The fourth-order valence-electron chi connectivity index (χ4n) is 2.83. The van der Waals surface area contributed by atoms with Gasteiger partial charge < -0.3 is 5.11 Å². The molecule has 26 heavy (non-hydrogen) atoms. The zero-order valence-electron chi connectivity index (χ0n) is 15.0. The summed E-state index contributed by atoms with van der Waals surface area (Å²) in [6.07, 6.45) is 4.03. The smallest absolute Gasteiger partial charge is 0.166 e. The Bertz CT molecular complexity index is 739. The van der Waals surface area contributed by atoms with Gasteiger partial charge >= 0.3 is 0 Å². The van der Waals surface area contributed by atoms with Gasteiger partial charge in [-0.05, 0) is 25.5 Å². The highest BCUT2D eigenvalue weighted by molar-refractivity contribution is 5.26. The maximum absolute atomic E-state index is 14.4. The van der Waals surface area contributed by atoms with Gasteiger partial charge in [0.25, 0.3) is 0 Å². The molecule has 2 unspecified atom stereocenters. The number of halogens is 2. The average Bonchev–Trinajstić information content (AvgIpc) is 3.11. The number of aromatic nitrogens is 3. The Balaban J connectivity index is 2.34. The highest BCUT2D eigenvalue weighted by Gasteiger charge is 2.45. The second-order valence-corrected chi connectivity index (χ2v) is 6.46. The van der Waals surface area contributed by atoms with E-state index in [1.54, 1.807) is 6.92 Å². The van der Waals surface area contributed by atoms with Crippen molar-refractivity contribution >= 4 is 0 Å². The summed E-state index contributed by atoms with van der Waals surface area (Å²) >= 11 is 0. The van der Waals surface area contributed by atoms with Crippen molar-refractivity contribution in [3.05, 3.63) is 60.2 Å². The molecule has 0 fully saturated rings. The molecule has 8 heteroatoms. The summed E-state index contributed by atoms with van der Waals surface area (Å²) in [6.45, 7) is 7.63. The highest BCUT2D eigenvalue weighted by atomic mass is 19.1. The monoisotopic (exact) mass is 367 g/mol. The number of hydroxylamine groups is 2. The number of benzene rings is 1. The first kappa shape index (κ1) is 20.2. The van der Waals surface area contributed by atoms with Crippen molar-refractivity contribution in [2.24, 2.45) is 0 Å². The van der Waals surface area contributed by atoms with E-state index in [4.69, 9.17) is 0 Å². The van der Waals surface area contributed by atoms with E-state index in [2.05, 4.69) is 16.7 Å². The molecule has 2 rings (SSSR count). The molecule has 6 nitrogen and oxygen atoms in total. The lowest BCUT2D eigenvalue weighted by Gasteiger charge is -2.35. The molecule has 3 N–H and O–H groups in total. The summed E-state index contributed by atoms with van der Waals surface area (Å²) in [5.41, 5.74) is -0.970. The Morgan fingerprint density at radius 2 is 2.15 bits per heavy atom. The molecular formula is C18H25F2N4O2+. The van der Waals surface area contributed by atoms with Crippen LogP contribution in [0.15, 0.2) is 43.0 Å². The Morgan fingerprint density at radius 1 is 1.42 bits per heavy atom. The van der Waals surface area contributed by atoms with Gasteiger partial charge in [-0.15, -0.1) is 0 Å². The third kappa shape index (κ3) is 4.51. The molecule has 0 saturated heterocycles. The Morgan fingerprint density at radius 3 is 2.73 bits per heavy atom. The molecule has 0 aliphatic heterocycles. The first-order valence-electron chi connectivity index (χ1n) is 8.49. The van der Waals surface area contributed by atoms with Crippen LogP contribution in [0.4, 0.5) is 8.78 Å². The van der Waals surface area contributed by atoms with Gasteiger partial charge in [0.05, 0.1) is 6.54 Å². The van der Waals surface area contributed by atoms with E-state index < -0.39 is 23.3 Å². The summed E-state index contributed by atoms with van der Waals surface area (Å²) in [5.74, 6) is -1.63. The van der Waals surface area contributed by atoms with E-state index >= 15 is 0 Å². The van der Waals surface area contributed by atoms with Crippen LogP contribution in [0.3, 0.4) is 0 Å². The second kappa shape index (κ2) is 8.48. The average molecular weight is 367 g/mol. The van der Waals surface area contributed by atoms with E-state index in [0.29, 0.717) is 19.0 Å². The number of rotatable bonds is 9. The maximum atomic E-state index is 14.4. The van der Waals surface area contributed by atoms with Crippen molar-refractivity contribution in [1.82, 2.24) is 14.8 Å². The lowest BCUT2D eigenvalue weighted by atomic mass is 9.86. The first-order valence-corrected chi connectivity index (χ1v) is 8.49. The normalized spacial score (nSPS) is 16.1. The minimum absolute atomic E-state index is 0.0194. The maximum Gasteiger partial charge on any atom is 0.166 e. The highest BCUT2D eigenvalue weighted by Crippen LogP contribution is 2.29. The van der Waals surface area contributed by atoms with Gasteiger partial charge in [-0.3, -0.25) is 0 Å². The van der Waals surface area contributed by atoms with E-state index in [9.17, 15) is 19.1 Å². The van der Waals surface area contributed by atoms with Gasteiger partial charge in [0.1, 0.15) is 36.9 Å². The zero-order chi connectivity index (χ0) is 19.3. The molecule has 0 saturated carbocycles. The predicted octanol–water partition coefficient (Wildman–Crippen LogP) is 1.46. The zero-order valence-corrected chi connectivity index (χ0v) is 15.0. The topological polar surface area (TPSA) is 75.6 Å². The summed E-state index contributed by atoms with van der Waals surface area (Å²) in [7, 11) is 0. The third-order valence-corrected chi connectivity index (χ3v) is 4.72. The first-order chi connectivity index (χ1) is 12.3. The minimum Gasteiger partial charge on any atom is -0.377 e.